The summed E-state index contributed by atoms with van der Waals surface area (Å²) in [5.74, 6) is 0.240. The smallest absolute Gasteiger partial charge is 0.269 e. The maximum atomic E-state index is 12.7. The molecule has 0 bridgehead atoms. The number of nitro benzene ring substituents is 1. The van der Waals surface area contributed by atoms with Gasteiger partial charge in [0.15, 0.2) is 0 Å². The second kappa shape index (κ2) is 9.48. The van der Waals surface area contributed by atoms with E-state index in [1.807, 2.05) is 24.8 Å². The van der Waals surface area contributed by atoms with Crippen LogP contribution in [0.3, 0.4) is 0 Å². The first kappa shape index (κ1) is 22.1. The van der Waals surface area contributed by atoms with Crippen LogP contribution in [0.5, 0.6) is 0 Å². The lowest BCUT2D eigenvalue weighted by Crippen LogP contribution is -2.39. The summed E-state index contributed by atoms with van der Waals surface area (Å²) in [6, 6.07) is 11.5. The summed E-state index contributed by atoms with van der Waals surface area (Å²) in [5, 5.41) is 14.2. The van der Waals surface area contributed by atoms with E-state index in [1.165, 1.54) is 18.2 Å². The molecule has 0 aliphatic heterocycles. The van der Waals surface area contributed by atoms with Gasteiger partial charge in [-0.3, -0.25) is 24.6 Å². The number of H-pyrrole nitrogens is 1. The van der Waals surface area contributed by atoms with Crippen molar-refractivity contribution >= 4 is 28.2 Å². The van der Waals surface area contributed by atoms with E-state index in [4.69, 9.17) is 0 Å². The van der Waals surface area contributed by atoms with Gasteiger partial charge in [0.25, 0.3) is 11.2 Å². The molecule has 1 heterocycles. The number of nitro groups is 1. The molecular weight excluding hydrogens is 398 g/mol. The fourth-order valence-electron chi connectivity index (χ4n) is 3.30. The van der Waals surface area contributed by atoms with E-state index in [0.717, 1.165) is 6.42 Å². The number of aromatic nitrogens is 2. The molecular formula is C22H25N5O4. The zero-order valence-electron chi connectivity index (χ0n) is 17.7. The number of nitrogens with one attached hydrogen (secondary N) is 2. The van der Waals surface area contributed by atoms with Gasteiger partial charge in [-0.2, -0.15) is 0 Å². The predicted molar refractivity (Wildman–Crippen MR) is 119 cm³/mol. The van der Waals surface area contributed by atoms with Crippen LogP contribution in [0.1, 0.15) is 31.7 Å². The highest BCUT2D eigenvalue weighted by Crippen LogP contribution is 2.21. The minimum Gasteiger partial charge on any atom is -0.325 e. The number of aryl methyl sites for hydroxylation is 1. The fourth-order valence-corrected chi connectivity index (χ4v) is 3.30. The first-order valence-corrected chi connectivity index (χ1v) is 10.1. The summed E-state index contributed by atoms with van der Waals surface area (Å²) in [6.07, 6.45) is 0.807. The Balaban J connectivity index is 1.77. The SMILES string of the molecule is CCC(C)N(CC(=O)Nc1ccc([N+](=O)[O-])cc1C)Cc1nc2ccccc2c(=O)[nH]1. The molecule has 2 N–H and O–H groups in total. The van der Waals surface area contributed by atoms with Gasteiger partial charge in [-0.1, -0.05) is 19.1 Å². The molecule has 2 aromatic carbocycles. The van der Waals surface area contributed by atoms with Gasteiger partial charge in [0, 0.05) is 23.9 Å². The van der Waals surface area contributed by atoms with Crippen LogP contribution in [0.2, 0.25) is 0 Å². The molecule has 0 radical (unpaired) electrons. The third-order valence-corrected chi connectivity index (χ3v) is 5.27. The molecule has 162 valence electrons. The first-order chi connectivity index (χ1) is 14.8. The van der Waals surface area contributed by atoms with Crippen LogP contribution in [0.4, 0.5) is 11.4 Å². The molecule has 3 aromatic rings. The van der Waals surface area contributed by atoms with Gasteiger partial charge in [0.1, 0.15) is 5.82 Å². The summed E-state index contributed by atoms with van der Waals surface area (Å²) >= 11 is 0. The fraction of sp³-hybridized carbons (Fsp3) is 0.318. The quantitative estimate of drug-likeness (QED) is 0.423. The predicted octanol–water partition coefficient (Wildman–Crippen LogP) is 3.38. The van der Waals surface area contributed by atoms with Gasteiger partial charge in [-0.15, -0.1) is 0 Å². The summed E-state index contributed by atoms with van der Waals surface area (Å²) in [5.41, 5.74) is 1.50. The lowest BCUT2D eigenvalue weighted by atomic mass is 10.1. The molecule has 0 saturated heterocycles. The molecule has 1 unspecified atom stereocenters. The van der Waals surface area contributed by atoms with Gasteiger partial charge < -0.3 is 10.3 Å². The number of rotatable bonds is 8. The van der Waals surface area contributed by atoms with Crippen molar-refractivity contribution in [2.75, 3.05) is 11.9 Å². The molecule has 9 heteroatoms. The van der Waals surface area contributed by atoms with Crippen molar-refractivity contribution in [3.8, 4) is 0 Å². The molecule has 31 heavy (non-hydrogen) atoms. The second-order valence-corrected chi connectivity index (χ2v) is 7.50. The van der Waals surface area contributed by atoms with Crippen LogP contribution in [-0.4, -0.2) is 38.3 Å². The van der Waals surface area contributed by atoms with Crippen LogP contribution in [0.25, 0.3) is 10.9 Å². The van der Waals surface area contributed by atoms with E-state index in [-0.39, 0.29) is 29.7 Å². The molecule has 1 atom stereocenters. The third kappa shape index (κ3) is 5.32. The number of anilines is 1. The summed E-state index contributed by atoms with van der Waals surface area (Å²) in [7, 11) is 0. The van der Waals surface area contributed by atoms with E-state index >= 15 is 0 Å². The number of nitrogens with zero attached hydrogens (tertiary/aromatic N) is 3. The van der Waals surface area contributed by atoms with Gasteiger partial charge in [-0.25, -0.2) is 4.98 Å². The maximum absolute atomic E-state index is 12.7. The lowest BCUT2D eigenvalue weighted by molar-refractivity contribution is -0.384. The van der Waals surface area contributed by atoms with Crippen LogP contribution in [-0.2, 0) is 11.3 Å². The molecule has 1 aromatic heterocycles. The zero-order chi connectivity index (χ0) is 22.5. The number of para-hydroxylation sites is 1. The topological polar surface area (TPSA) is 121 Å². The Morgan fingerprint density at radius 1 is 1.29 bits per heavy atom. The van der Waals surface area contributed by atoms with Crippen molar-refractivity contribution in [2.24, 2.45) is 0 Å². The lowest BCUT2D eigenvalue weighted by Gasteiger charge is -2.27. The van der Waals surface area contributed by atoms with Crippen molar-refractivity contribution < 1.29 is 9.72 Å². The van der Waals surface area contributed by atoms with Crippen molar-refractivity contribution in [3.05, 3.63) is 74.3 Å². The zero-order valence-corrected chi connectivity index (χ0v) is 17.7. The maximum Gasteiger partial charge on any atom is 0.269 e. The summed E-state index contributed by atoms with van der Waals surface area (Å²) in [4.78, 5) is 44.8. The molecule has 3 rings (SSSR count). The Bertz CT molecular complexity index is 1170. The minimum absolute atomic E-state index is 0.0249. The average Bonchev–Trinajstić information content (AvgIpc) is 2.74. The number of amides is 1. The van der Waals surface area contributed by atoms with E-state index in [0.29, 0.717) is 34.5 Å². The van der Waals surface area contributed by atoms with Crippen molar-refractivity contribution in [3.63, 3.8) is 0 Å². The van der Waals surface area contributed by atoms with Crippen molar-refractivity contribution in [1.82, 2.24) is 14.9 Å². The molecule has 0 saturated carbocycles. The molecule has 0 spiro atoms. The van der Waals surface area contributed by atoms with E-state index in [1.54, 1.807) is 25.1 Å². The molecule has 9 nitrogen and oxygen atoms in total. The highest BCUT2D eigenvalue weighted by molar-refractivity contribution is 5.93. The number of carbonyl (C=O) groups excluding carboxylic acids is 1. The summed E-state index contributed by atoms with van der Waals surface area (Å²) in [6.45, 7) is 6.12. The van der Waals surface area contributed by atoms with Crippen molar-refractivity contribution in [1.29, 1.82) is 0 Å². The highest BCUT2D eigenvalue weighted by atomic mass is 16.6. The van der Waals surface area contributed by atoms with E-state index in [2.05, 4.69) is 15.3 Å². The van der Waals surface area contributed by atoms with Crippen molar-refractivity contribution in [2.45, 2.75) is 39.8 Å². The normalized spacial score (nSPS) is 12.1. The number of hydrogen-bond donors (Lipinski definition) is 2. The van der Waals surface area contributed by atoms with Crippen LogP contribution in [0, 0.1) is 17.0 Å². The van der Waals surface area contributed by atoms with Crippen LogP contribution < -0.4 is 10.9 Å². The summed E-state index contributed by atoms with van der Waals surface area (Å²) < 4.78 is 0. The van der Waals surface area contributed by atoms with Crippen LogP contribution in [0.15, 0.2) is 47.3 Å². The number of carbonyl (C=O) groups is 1. The largest absolute Gasteiger partial charge is 0.325 e. The number of benzene rings is 2. The second-order valence-electron chi connectivity index (χ2n) is 7.50. The Kier molecular flexibility index (Phi) is 6.76. The van der Waals surface area contributed by atoms with Gasteiger partial charge in [0.2, 0.25) is 5.91 Å². The van der Waals surface area contributed by atoms with Gasteiger partial charge >= 0.3 is 0 Å². The number of aromatic amines is 1. The minimum atomic E-state index is -0.472. The standard InChI is InChI=1S/C22H25N5O4/c1-4-15(3)26(12-20-23-19-8-6-5-7-17(19)22(29)25-20)13-21(28)24-18-10-9-16(27(30)31)11-14(18)2/h5-11,15H,4,12-13H2,1-3H3,(H,24,28)(H,23,25,29). The molecule has 0 fully saturated rings. The Morgan fingerprint density at radius 2 is 2.03 bits per heavy atom. The number of non-ortho nitro benzene ring substituents is 1. The van der Waals surface area contributed by atoms with Crippen LogP contribution >= 0.6 is 0 Å². The van der Waals surface area contributed by atoms with E-state index < -0.39 is 4.92 Å². The first-order valence-electron chi connectivity index (χ1n) is 10.1. The van der Waals surface area contributed by atoms with Gasteiger partial charge in [0.05, 0.1) is 28.9 Å². The highest BCUT2D eigenvalue weighted by Gasteiger charge is 2.19. The number of hydrogen-bond acceptors (Lipinski definition) is 6. The van der Waals surface area contributed by atoms with E-state index in [9.17, 15) is 19.7 Å². The Labute approximate surface area is 179 Å². The van der Waals surface area contributed by atoms with Gasteiger partial charge in [-0.05, 0) is 44.0 Å². The third-order valence-electron chi connectivity index (χ3n) is 5.27. The monoisotopic (exact) mass is 423 g/mol. The Hall–Kier alpha value is -3.59. The molecule has 0 aliphatic rings. The Morgan fingerprint density at radius 3 is 2.71 bits per heavy atom. The molecule has 1 amide bonds. The molecule has 0 aliphatic carbocycles. The average molecular weight is 423 g/mol. The number of fused-ring (bicyclic) bond motifs is 1.